The van der Waals surface area contributed by atoms with Crippen LogP contribution in [-0.4, -0.2) is 10.5 Å². The minimum atomic E-state index is -0.140. The van der Waals surface area contributed by atoms with Gasteiger partial charge in [-0.3, -0.25) is 9.59 Å². The van der Waals surface area contributed by atoms with Gasteiger partial charge in [0.1, 0.15) is 6.54 Å². The Balaban J connectivity index is 1.44. The molecule has 0 bridgehead atoms. The average molecular weight is 415 g/mol. The smallest absolute Gasteiger partial charge is 0.244 e. The van der Waals surface area contributed by atoms with E-state index in [1.165, 1.54) is 22.1 Å². The van der Waals surface area contributed by atoms with Crippen molar-refractivity contribution in [1.82, 2.24) is 4.57 Å². The van der Waals surface area contributed by atoms with Crippen molar-refractivity contribution in [2.45, 2.75) is 30.2 Å². The summed E-state index contributed by atoms with van der Waals surface area (Å²) >= 11 is 1.71. The Kier molecular flexibility index (Phi) is 5.72. The SMILES string of the molecule is Cc1ccc(Sc2ccc(NC(=O)Cn3ccc(=O)c4ccccc43)cc2)c(C)c1. The number of carbonyl (C=O) groups is 1. The summed E-state index contributed by atoms with van der Waals surface area (Å²) < 4.78 is 1.79. The molecule has 5 heteroatoms. The number of nitrogens with zero attached hydrogens (tertiary/aromatic N) is 1. The van der Waals surface area contributed by atoms with Crippen LogP contribution in [-0.2, 0) is 11.3 Å². The Morgan fingerprint density at radius 1 is 0.967 bits per heavy atom. The molecule has 0 aliphatic carbocycles. The summed E-state index contributed by atoms with van der Waals surface area (Å²) in [5, 5.41) is 3.54. The van der Waals surface area contributed by atoms with Crippen LogP contribution in [0.2, 0.25) is 0 Å². The van der Waals surface area contributed by atoms with Gasteiger partial charge in [0.15, 0.2) is 5.43 Å². The lowest BCUT2D eigenvalue weighted by molar-refractivity contribution is -0.116. The zero-order chi connectivity index (χ0) is 21.1. The van der Waals surface area contributed by atoms with Crippen LogP contribution in [0.3, 0.4) is 0 Å². The molecule has 4 nitrogen and oxygen atoms in total. The Morgan fingerprint density at radius 2 is 1.73 bits per heavy atom. The van der Waals surface area contributed by atoms with E-state index in [9.17, 15) is 9.59 Å². The molecule has 1 aromatic heterocycles. The van der Waals surface area contributed by atoms with Crippen LogP contribution in [0.15, 0.2) is 93.6 Å². The third-order valence-corrected chi connectivity index (χ3v) is 6.08. The van der Waals surface area contributed by atoms with Gasteiger partial charge in [-0.2, -0.15) is 0 Å². The maximum absolute atomic E-state index is 12.5. The highest BCUT2D eigenvalue weighted by molar-refractivity contribution is 7.99. The number of hydrogen-bond acceptors (Lipinski definition) is 3. The van der Waals surface area contributed by atoms with E-state index < -0.39 is 0 Å². The van der Waals surface area contributed by atoms with Crippen molar-refractivity contribution in [2.75, 3.05) is 5.32 Å². The van der Waals surface area contributed by atoms with E-state index in [-0.39, 0.29) is 17.9 Å². The molecule has 0 aliphatic rings. The highest BCUT2D eigenvalue weighted by Crippen LogP contribution is 2.31. The van der Waals surface area contributed by atoms with E-state index in [1.807, 2.05) is 42.5 Å². The number of amides is 1. The molecule has 0 saturated heterocycles. The van der Waals surface area contributed by atoms with Gasteiger partial charge in [-0.15, -0.1) is 0 Å². The van der Waals surface area contributed by atoms with Crippen molar-refractivity contribution in [3.8, 4) is 0 Å². The number of para-hydroxylation sites is 1. The second-order valence-electron chi connectivity index (χ2n) is 7.27. The molecule has 4 aromatic rings. The van der Waals surface area contributed by atoms with Crippen LogP contribution >= 0.6 is 11.8 Å². The molecule has 1 N–H and O–H groups in total. The largest absolute Gasteiger partial charge is 0.338 e. The maximum Gasteiger partial charge on any atom is 0.244 e. The second kappa shape index (κ2) is 8.59. The second-order valence-corrected chi connectivity index (χ2v) is 8.38. The van der Waals surface area contributed by atoms with E-state index in [4.69, 9.17) is 0 Å². The lowest BCUT2D eigenvalue weighted by Gasteiger charge is -2.11. The van der Waals surface area contributed by atoms with E-state index in [2.05, 4.69) is 37.4 Å². The lowest BCUT2D eigenvalue weighted by Crippen LogP contribution is -2.20. The van der Waals surface area contributed by atoms with Crippen LogP contribution in [0, 0.1) is 13.8 Å². The van der Waals surface area contributed by atoms with Crippen molar-refractivity contribution in [3.63, 3.8) is 0 Å². The molecule has 0 fully saturated rings. The summed E-state index contributed by atoms with van der Waals surface area (Å²) in [5.41, 5.74) is 3.96. The summed E-state index contributed by atoms with van der Waals surface area (Å²) in [7, 11) is 0. The van der Waals surface area contributed by atoms with Crippen molar-refractivity contribution >= 4 is 34.3 Å². The number of aromatic nitrogens is 1. The van der Waals surface area contributed by atoms with Gasteiger partial charge in [0.25, 0.3) is 0 Å². The number of aryl methyl sites for hydroxylation is 2. The van der Waals surface area contributed by atoms with E-state index in [1.54, 1.807) is 28.6 Å². The number of benzene rings is 3. The first-order valence-corrected chi connectivity index (χ1v) is 10.5. The predicted octanol–water partition coefficient (Wildman–Crippen LogP) is 5.41. The standard InChI is InChI=1S/C25H22N2O2S/c1-17-7-12-24(18(2)15-17)30-20-10-8-19(9-11-20)26-25(29)16-27-14-13-23(28)21-5-3-4-6-22(21)27/h3-15H,16H2,1-2H3,(H,26,29). The average Bonchev–Trinajstić information content (AvgIpc) is 2.74. The monoisotopic (exact) mass is 414 g/mol. The topological polar surface area (TPSA) is 51.1 Å². The van der Waals surface area contributed by atoms with Crippen LogP contribution in [0.1, 0.15) is 11.1 Å². The van der Waals surface area contributed by atoms with E-state index >= 15 is 0 Å². The van der Waals surface area contributed by atoms with Gasteiger partial charge < -0.3 is 9.88 Å². The minimum Gasteiger partial charge on any atom is -0.338 e. The molecule has 30 heavy (non-hydrogen) atoms. The summed E-state index contributed by atoms with van der Waals surface area (Å²) in [6.45, 7) is 4.35. The van der Waals surface area contributed by atoms with Gasteiger partial charge in [-0.1, -0.05) is 41.6 Å². The van der Waals surface area contributed by atoms with Gasteiger partial charge in [0.2, 0.25) is 5.91 Å². The molecular weight excluding hydrogens is 392 g/mol. The molecule has 3 aromatic carbocycles. The third kappa shape index (κ3) is 4.47. The first-order valence-electron chi connectivity index (χ1n) is 9.73. The Morgan fingerprint density at radius 3 is 2.50 bits per heavy atom. The van der Waals surface area contributed by atoms with Crippen molar-refractivity contribution in [3.05, 3.63) is 100 Å². The molecule has 0 unspecified atom stereocenters. The quantitative estimate of drug-likeness (QED) is 0.475. The fourth-order valence-corrected chi connectivity index (χ4v) is 4.28. The fraction of sp³-hybridized carbons (Fsp3) is 0.120. The normalized spacial score (nSPS) is 10.9. The van der Waals surface area contributed by atoms with Crippen LogP contribution < -0.4 is 10.7 Å². The number of pyridine rings is 1. The van der Waals surface area contributed by atoms with Crippen molar-refractivity contribution in [2.24, 2.45) is 0 Å². The highest BCUT2D eigenvalue weighted by atomic mass is 32.2. The minimum absolute atomic E-state index is 0.0424. The number of hydrogen-bond donors (Lipinski definition) is 1. The molecule has 150 valence electrons. The van der Waals surface area contributed by atoms with E-state index in [0.717, 1.165) is 16.1 Å². The molecule has 0 spiro atoms. The number of fused-ring (bicyclic) bond motifs is 1. The Labute approximate surface area is 179 Å². The maximum atomic E-state index is 12.5. The van der Waals surface area contributed by atoms with Gasteiger partial charge >= 0.3 is 0 Å². The first kappa shape index (κ1) is 20.0. The van der Waals surface area contributed by atoms with Gasteiger partial charge in [0.05, 0.1) is 5.52 Å². The van der Waals surface area contributed by atoms with E-state index in [0.29, 0.717) is 5.39 Å². The molecule has 4 rings (SSSR count). The van der Waals surface area contributed by atoms with Crippen molar-refractivity contribution < 1.29 is 4.79 Å². The van der Waals surface area contributed by atoms with Crippen LogP contribution in [0.25, 0.3) is 10.9 Å². The summed E-state index contributed by atoms with van der Waals surface area (Å²) in [6.07, 6.45) is 1.66. The first-order chi connectivity index (χ1) is 14.5. The summed E-state index contributed by atoms with van der Waals surface area (Å²) in [5.74, 6) is -0.140. The Hall–Kier alpha value is -3.31. The molecule has 1 heterocycles. The van der Waals surface area contributed by atoms with Gasteiger partial charge in [-0.05, 0) is 61.9 Å². The lowest BCUT2D eigenvalue weighted by atomic mass is 10.2. The molecule has 0 saturated carbocycles. The van der Waals surface area contributed by atoms with Crippen molar-refractivity contribution in [1.29, 1.82) is 0 Å². The van der Waals surface area contributed by atoms with Gasteiger partial charge in [-0.25, -0.2) is 0 Å². The number of anilines is 1. The number of carbonyl (C=O) groups excluding carboxylic acids is 1. The van der Waals surface area contributed by atoms with Crippen LogP contribution in [0.4, 0.5) is 5.69 Å². The molecule has 0 aliphatic heterocycles. The molecule has 0 atom stereocenters. The number of nitrogens with one attached hydrogen (secondary N) is 1. The molecular formula is C25H22N2O2S. The fourth-order valence-electron chi connectivity index (χ4n) is 3.40. The Bertz CT molecular complexity index is 1280. The highest BCUT2D eigenvalue weighted by Gasteiger charge is 2.08. The zero-order valence-corrected chi connectivity index (χ0v) is 17.7. The summed E-state index contributed by atoms with van der Waals surface area (Å²) in [6, 6.07) is 23.1. The van der Waals surface area contributed by atoms with Gasteiger partial charge in [0, 0.05) is 33.1 Å². The predicted molar refractivity (Wildman–Crippen MR) is 123 cm³/mol. The van der Waals surface area contributed by atoms with Crippen LogP contribution in [0.5, 0.6) is 0 Å². The third-order valence-electron chi connectivity index (χ3n) is 4.90. The summed E-state index contributed by atoms with van der Waals surface area (Å²) in [4.78, 5) is 26.9. The molecule has 1 amide bonds. The number of rotatable bonds is 5. The zero-order valence-electron chi connectivity index (χ0n) is 16.9. The molecule has 0 radical (unpaired) electrons.